The maximum absolute atomic E-state index is 5.64. The predicted molar refractivity (Wildman–Crippen MR) is 60.4 cm³/mol. The average Bonchev–Trinajstić information content (AvgIpc) is 3.09. The van der Waals surface area contributed by atoms with Crippen LogP contribution in [-0.2, 0) is 25.6 Å². The first-order valence-corrected chi connectivity index (χ1v) is 5.84. The summed E-state index contributed by atoms with van der Waals surface area (Å²) in [4.78, 5) is 0. The summed E-state index contributed by atoms with van der Waals surface area (Å²) in [5, 5.41) is 0. The van der Waals surface area contributed by atoms with Crippen LogP contribution in [0.5, 0.6) is 0 Å². The molecule has 4 heteroatoms. The maximum Gasteiger partial charge on any atom is 0.186 e. The summed E-state index contributed by atoms with van der Waals surface area (Å²) in [6.45, 7) is 1.16. The lowest BCUT2D eigenvalue weighted by Gasteiger charge is -2.16. The second-order valence-corrected chi connectivity index (χ2v) is 4.34. The van der Waals surface area contributed by atoms with E-state index in [4.69, 9.17) is 18.9 Å². The molecule has 0 spiro atoms. The van der Waals surface area contributed by atoms with Crippen LogP contribution in [0.4, 0.5) is 0 Å². The maximum atomic E-state index is 5.64. The number of benzene rings is 1. The van der Waals surface area contributed by atoms with Gasteiger partial charge in [0, 0.05) is 7.11 Å². The Bertz CT molecular complexity index is 367. The zero-order valence-electron chi connectivity index (χ0n) is 9.74. The number of hydrogen-bond donors (Lipinski definition) is 0. The van der Waals surface area contributed by atoms with Gasteiger partial charge in [0.1, 0.15) is 18.3 Å². The third-order valence-corrected chi connectivity index (χ3v) is 3.13. The molecule has 0 saturated carbocycles. The summed E-state index contributed by atoms with van der Waals surface area (Å²) in [5.41, 5.74) is 1.17. The van der Waals surface area contributed by atoms with Gasteiger partial charge in [0.2, 0.25) is 0 Å². The Morgan fingerprint density at radius 2 is 1.94 bits per heavy atom. The van der Waals surface area contributed by atoms with Crippen molar-refractivity contribution in [1.29, 1.82) is 0 Å². The van der Waals surface area contributed by atoms with E-state index in [1.807, 2.05) is 30.3 Å². The Morgan fingerprint density at radius 1 is 1.12 bits per heavy atom. The molecule has 2 saturated heterocycles. The topological polar surface area (TPSA) is 40.2 Å². The second kappa shape index (κ2) is 4.74. The molecule has 4 nitrogen and oxygen atoms in total. The van der Waals surface area contributed by atoms with Crippen LogP contribution in [0.15, 0.2) is 30.3 Å². The lowest BCUT2D eigenvalue weighted by atomic mass is 10.2. The summed E-state index contributed by atoms with van der Waals surface area (Å²) in [6.07, 6.45) is 0.0695. The fourth-order valence-electron chi connectivity index (χ4n) is 2.17. The van der Waals surface area contributed by atoms with Gasteiger partial charge in [0.15, 0.2) is 6.29 Å². The molecule has 2 heterocycles. The third kappa shape index (κ3) is 2.35. The number of epoxide rings is 1. The quantitative estimate of drug-likeness (QED) is 0.723. The number of hydrogen-bond acceptors (Lipinski definition) is 4. The van der Waals surface area contributed by atoms with Crippen molar-refractivity contribution >= 4 is 0 Å². The molecule has 0 amide bonds. The third-order valence-electron chi connectivity index (χ3n) is 3.13. The molecular formula is C13H16O4. The van der Waals surface area contributed by atoms with Crippen LogP contribution in [0.2, 0.25) is 0 Å². The largest absolute Gasteiger partial charge is 0.374 e. The molecule has 17 heavy (non-hydrogen) atoms. The van der Waals surface area contributed by atoms with Crippen molar-refractivity contribution in [3.05, 3.63) is 35.9 Å². The molecule has 2 fully saturated rings. The van der Waals surface area contributed by atoms with Crippen molar-refractivity contribution in [3.8, 4) is 0 Å². The van der Waals surface area contributed by atoms with Gasteiger partial charge in [-0.05, 0) is 5.56 Å². The molecule has 1 aromatic rings. The first-order valence-electron chi connectivity index (χ1n) is 5.84. The van der Waals surface area contributed by atoms with Crippen LogP contribution in [0, 0.1) is 0 Å². The zero-order valence-corrected chi connectivity index (χ0v) is 9.74. The highest BCUT2D eigenvalue weighted by Crippen LogP contribution is 2.39. The molecular weight excluding hydrogens is 220 g/mol. The van der Waals surface area contributed by atoms with Crippen LogP contribution in [0.1, 0.15) is 5.56 Å². The Labute approximate surface area is 100 Å². The van der Waals surface area contributed by atoms with Gasteiger partial charge in [-0.3, -0.25) is 0 Å². The molecule has 0 N–H and O–H groups in total. The van der Waals surface area contributed by atoms with Gasteiger partial charge < -0.3 is 18.9 Å². The normalized spacial score (nSPS) is 34.6. The summed E-state index contributed by atoms with van der Waals surface area (Å²) in [5.74, 6) is 0. The summed E-state index contributed by atoms with van der Waals surface area (Å²) in [6, 6.07) is 10.1. The molecule has 1 aromatic carbocycles. The van der Waals surface area contributed by atoms with Crippen LogP contribution in [0.3, 0.4) is 0 Å². The van der Waals surface area contributed by atoms with E-state index in [1.165, 1.54) is 5.56 Å². The number of fused-ring (bicyclic) bond motifs is 1. The van der Waals surface area contributed by atoms with Gasteiger partial charge in [-0.2, -0.15) is 0 Å². The smallest absolute Gasteiger partial charge is 0.186 e. The van der Waals surface area contributed by atoms with Gasteiger partial charge >= 0.3 is 0 Å². The van der Waals surface area contributed by atoms with Crippen molar-refractivity contribution < 1.29 is 18.9 Å². The van der Waals surface area contributed by atoms with Crippen LogP contribution in [-0.4, -0.2) is 38.3 Å². The number of ether oxygens (including phenoxy) is 4. The molecule has 0 aliphatic carbocycles. The summed E-state index contributed by atoms with van der Waals surface area (Å²) < 4.78 is 21.9. The van der Waals surface area contributed by atoms with Crippen molar-refractivity contribution in [1.82, 2.24) is 0 Å². The average molecular weight is 236 g/mol. The van der Waals surface area contributed by atoms with Crippen molar-refractivity contribution in [2.24, 2.45) is 0 Å². The molecule has 0 bridgehead atoms. The minimum absolute atomic E-state index is 0.00802. The Kier molecular flexibility index (Phi) is 3.11. The number of rotatable bonds is 5. The van der Waals surface area contributed by atoms with E-state index in [9.17, 15) is 0 Å². The highest BCUT2D eigenvalue weighted by molar-refractivity contribution is 5.13. The van der Waals surface area contributed by atoms with Crippen LogP contribution < -0.4 is 0 Å². The van der Waals surface area contributed by atoms with Crippen LogP contribution in [0.25, 0.3) is 0 Å². The molecule has 0 aromatic heterocycles. The summed E-state index contributed by atoms with van der Waals surface area (Å²) >= 11 is 0. The fraction of sp³-hybridized carbons (Fsp3) is 0.538. The first kappa shape index (κ1) is 11.2. The van der Waals surface area contributed by atoms with Crippen molar-refractivity contribution in [2.45, 2.75) is 31.2 Å². The van der Waals surface area contributed by atoms with Gasteiger partial charge in [0.25, 0.3) is 0 Å². The summed E-state index contributed by atoms with van der Waals surface area (Å²) in [7, 11) is 1.64. The lowest BCUT2D eigenvalue weighted by molar-refractivity contribution is -0.171. The molecule has 2 aliphatic heterocycles. The molecule has 2 aliphatic rings. The number of methoxy groups -OCH3 is 1. The van der Waals surface area contributed by atoms with E-state index in [0.717, 1.165) is 0 Å². The van der Waals surface area contributed by atoms with Gasteiger partial charge in [-0.1, -0.05) is 30.3 Å². The van der Waals surface area contributed by atoms with E-state index < -0.39 is 0 Å². The Morgan fingerprint density at radius 3 is 2.65 bits per heavy atom. The van der Waals surface area contributed by atoms with E-state index in [1.54, 1.807) is 7.11 Å². The fourth-order valence-corrected chi connectivity index (χ4v) is 2.17. The minimum atomic E-state index is -0.217. The van der Waals surface area contributed by atoms with Gasteiger partial charge in [-0.25, -0.2) is 0 Å². The molecule has 4 atom stereocenters. The van der Waals surface area contributed by atoms with Gasteiger partial charge in [-0.15, -0.1) is 0 Å². The molecule has 92 valence electrons. The van der Waals surface area contributed by atoms with E-state index in [2.05, 4.69) is 0 Å². The van der Waals surface area contributed by atoms with E-state index in [-0.39, 0.29) is 24.6 Å². The van der Waals surface area contributed by atoms with Gasteiger partial charge in [0.05, 0.1) is 13.2 Å². The molecule has 3 rings (SSSR count). The minimum Gasteiger partial charge on any atom is -0.374 e. The second-order valence-electron chi connectivity index (χ2n) is 4.34. The monoisotopic (exact) mass is 236 g/mol. The highest BCUT2D eigenvalue weighted by Gasteiger charge is 2.58. The van der Waals surface area contributed by atoms with Crippen molar-refractivity contribution in [3.63, 3.8) is 0 Å². The molecule has 0 unspecified atom stereocenters. The molecule has 0 radical (unpaired) electrons. The standard InChI is InChI=1S/C13H16O4/c1-14-13-12-11(17-12)10(16-13)8-15-7-9-5-3-2-4-6-9/h2-6,10-13H,7-8H2,1H3/t10-,11+,12+,13+/m1/s1. The lowest BCUT2D eigenvalue weighted by Crippen LogP contribution is -2.25. The van der Waals surface area contributed by atoms with E-state index >= 15 is 0 Å². The Hall–Kier alpha value is -0.940. The Balaban J connectivity index is 1.44. The first-order chi connectivity index (χ1) is 8.38. The predicted octanol–water partition coefficient (Wildman–Crippen LogP) is 1.34. The zero-order chi connectivity index (χ0) is 11.7. The highest BCUT2D eigenvalue weighted by atomic mass is 16.8. The van der Waals surface area contributed by atoms with Crippen LogP contribution >= 0.6 is 0 Å². The van der Waals surface area contributed by atoms with E-state index in [0.29, 0.717) is 13.2 Å². The SMILES string of the molecule is CO[C@H]1O[C@H](COCc2ccccc2)[C@@H]2O[C@H]12. The van der Waals surface area contributed by atoms with Crippen molar-refractivity contribution in [2.75, 3.05) is 13.7 Å².